The summed E-state index contributed by atoms with van der Waals surface area (Å²) in [5, 5.41) is 0. The molecule has 4 nitrogen and oxygen atoms in total. The highest BCUT2D eigenvalue weighted by atomic mass is 31.2. The maximum absolute atomic E-state index is 14.7. The number of rotatable bonds is 5. The van der Waals surface area contributed by atoms with Crippen molar-refractivity contribution in [1.82, 2.24) is 9.97 Å². The molecular formula is C22H18N3OP. The van der Waals surface area contributed by atoms with Crippen molar-refractivity contribution >= 4 is 29.5 Å². The van der Waals surface area contributed by atoms with E-state index >= 15 is 0 Å². The largest absolute Gasteiger partial charge is 0.286 e. The molecule has 0 fully saturated rings. The van der Waals surface area contributed by atoms with Crippen LogP contribution in [0.2, 0.25) is 0 Å². The molecule has 0 unspecified atom stereocenters. The summed E-state index contributed by atoms with van der Waals surface area (Å²) < 4.78 is 16.6. The second kappa shape index (κ2) is 7.56. The van der Waals surface area contributed by atoms with Crippen LogP contribution in [0.15, 0.2) is 109 Å². The van der Waals surface area contributed by atoms with Crippen LogP contribution in [0.1, 0.15) is 0 Å². The van der Waals surface area contributed by atoms with E-state index in [1.807, 2.05) is 89.6 Å². The molecule has 0 aliphatic rings. The van der Waals surface area contributed by atoms with Crippen LogP contribution >= 0.6 is 7.29 Å². The number of anilines is 2. The van der Waals surface area contributed by atoms with Crippen LogP contribution in [-0.2, 0) is 4.57 Å². The summed E-state index contributed by atoms with van der Waals surface area (Å²) in [4.78, 5) is 8.91. The Bertz CT molecular complexity index is 959. The van der Waals surface area contributed by atoms with Gasteiger partial charge in [0.1, 0.15) is 10.9 Å². The van der Waals surface area contributed by atoms with E-state index in [9.17, 15) is 4.57 Å². The molecule has 0 saturated carbocycles. The van der Waals surface area contributed by atoms with Crippen LogP contribution in [0, 0.1) is 0 Å². The SMILES string of the molecule is O=P(c1ccccn1)(c1ccccn1)N(c1ccccc1)c1ccccc1. The van der Waals surface area contributed by atoms with Crippen molar-refractivity contribution in [2.75, 3.05) is 4.67 Å². The summed E-state index contributed by atoms with van der Waals surface area (Å²) in [6.45, 7) is 0. The molecule has 2 heterocycles. The number of nitrogens with zero attached hydrogens (tertiary/aromatic N) is 3. The van der Waals surface area contributed by atoms with Gasteiger partial charge in [-0.1, -0.05) is 48.5 Å². The van der Waals surface area contributed by atoms with Crippen LogP contribution in [0.5, 0.6) is 0 Å². The molecule has 27 heavy (non-hydrogen) atoms. The Hall–Kier alpha value is -3.23. The normalized spacial score (nSPS) is 11.1. The van der Waals surface area contributed by atoms with E-state index in [0.717, 1.165) is 11.4 Å². The Labute approximate surface area is 158 Å². The molecule has 0 radical (unpaired) electrons. The van der Waals surface area contributed by atoms with Gasteiger partial charge < -0.3 is 0 Å². The number of hydrogen-bond acceptors (Lipinski definition) is 3. The first-order valence-electron chi connectivity index (χ1n) is 8.64. The Morgan fingerprint density at radius 2 is 0.963 bits per heavy atom. The fourth-order valence-corrected chi connectivity index (χ4v) is 5.59. The molecule has 0 amide bonds. The van der Waals surface area contributed by atoms with E-state index in [4.69, 9.17) is 0 Å². The van der Waals surface area contributed by atoms with Crippen LogP contribution in [-0.4, -0.2) is 9.97 Å². The standard InChI is InChI=1S/C22H18N3OP/c26-27(21-15-7-9-17-23-21,22-16-8-10-18-24-22)25(19-11-3-1-4-12-19)20-13-5-2-6-14-20/h1-18H. The lowest BCUT2D eigenvalue weighted by Gasteiger charge is -2.33. The molecule has 0 atom stereocenters. The summed E-state index contributed by atoms with van der Waals surface area (Å²) in [6.07, 6.45) is 3.33. The van der Waals surface area contributed by atoms with Crippen LogP contribution in [0.3, 0.4) is 0 Å². The van der Waals surface area contributed by atoms with Crippen molar-refractivity contribution in [3.63, 3.8) is 0 Å². The minimum atomic E-state index is -3.37. The third-order valence-electron chi connectivity index (χ3n) is 4.20. The van der Waals surface area contributed by atoms with Gasteiger partial charge in [0.2, 0.25) is 0 Å². The highest BCUT2D eigenvalue weighted by Crippen LogP contribution is 2.53. The van der Waals surface area contributed by atoms with Crippen molar-refractivity contribution in [2.24, 2.45) is 0 Å². The second-order valence-electron chi connectivity index (χ2n) is 5.93. The predicted octanol–water partition coefficient (Wildman–Crippen LogP) is 4.54. The zero-order valence-electron chi connectivity index (χ0n) is 14.6. The van der Waals surface area contributed by atoms with E-state index in [0.29, 0.717) is 10.9 Å². The van der Waals surface area contributed by atoms with Gasteiger partial charge in [0.05, 0.1) is 0 Å². The number of hydrogen-bond donors (Lipinski definition) is 0. The monoisotopic (exact) mass is 371 g/mol. The first-order valence-corrected chi connectivity index (χ1v) is 10.3. The van der Waals surface area contributed by atoms with Crippen molar-refractivity contribution in [1.29, 1.82) is 0 Å². The van der Waals surface area contributed by atoms with Gasteiger partial charge in [-0.2, -0.15) is 0 Å². The lowest BCUT2D eigenvalue weighted by molar-refractivity contribution is 0.586. The zero-order chi connectivity index (χ0) is 18.5. The van der Waals surface area contributed by atoms with E-state index in [-0.39, 0.29) is 0 Å². The molecule has 0 N–H and O–H groups in total. The van der Waals surface area contributed by atoms with E-state index in [2.05, 4.69) is 9.97 Å². The van der Waals surface area contributed by atoms with Gasteiger partial charge in [0, 0.05) is 23.8 Å². The fourth-order valence-electron chi connectivity index (χ4n) is 3.00. The smallest absolute Gasteiger partial charge is 0.269 e. The topological polar surface area (TPSA) is 46.1 Å². The molecule has 0 aliphatic heterocycles. The average molecular weight is 371 g/mol. The molecule has 132 valence electrons. The number of para-hydroxylation sites is 2. The van der Waals surface area contributed by atoms with Gasteiger partial charge in [0.15, 0.2) is 0 Å². The summed E-state index contributed by atoms with van der Waals surface area (Å²) in [6, 6.07) is 30.4. The van der Waals surface area contributed by atoms with Crippen LogP contribution in [0.4, 0.5) is 11.4 Å². The minimum absolute atomic E-state index is 0.497. The Balaban J connectivity index is 2.03. The lowest BCUT2D eigenvalue weighted by Crippen LogP contribution is -2.32. The second-order valence-corrected chi connectivity index (χ2v) is 8.40. The molecule has 4 rings (SSSR count). The Kier molecular flexibility index (Phi) is 4.82. The molecule has 0 aliphatic carbocycles. The Morgan fingerprint density at radius 3 is 1.33 bits per heavy atom. The first-order chi connectivity index (χ1) is 13.3. The van der Waals surface area contributed by atoms with Crippen molar-refractivity contribution in [3.8, 4) is 0 Å². The van der Waals surface area contributed by atoms with Crippen molar-refractivity contribution in [3.05, 3.63) is 109 Å². The van der Waals surface area contributed by atoms with E-state index in [1.165, 1.54) is 0 Å². The quantitative estimate of drug-likeness (QED) is 0.483. The number of pyridine rings is 2. The average Bonchev–Trinajstić information content (AvgIpc) is 2.76. The third-order valence-corrected chi connectivity index (χ3v) is 7.00. The van der Waals surface area contributed by atoms with Crippen molar-refractivity contribution < 1.29 is 4.57 Å². The maximum atomic E-state index is 14.7. The predicted molar refractivity (Wildman–Crippen MR) is 110 cm³/mol. The van der Waals surface area contributed by atoms with Gasteiger partial charge >= 0.3 is 0 Å². The molecule has 2 aromatic heterocycles. The molecule has 5 heteroatoms. The summed E-state index contributed by atoms with van der Waals surface area (Å²) >= 11 is 0. The first kappa shape index (κ1) is 17.2. The summed E-state index contributed by atoms with van der Waals surface area (Å²) in [5.74, 6) is 0. The van der Waals surface area contributed by atoms with E-state index < -0.39 is 7.29 Å². The fraction of sp³-hybridized carbons (Fsp3) is 0. The molecule has 4 aromatic rings. The number of aromatic nitrogens is 2. The highest BCUT2D eigenvalue weighted by Gasteiger charge is 2.38. The molecule has 0 bridgehead atoms. The van der Waals surface area contributed by atoms with E-state index in [1.54, 1.807) is 24.5 Å². The molecule has 0 saturated heterocycles. The van der Waals surface area contributed by atoms with Gasteiger partial charge in [-0.15, -0.1) is 0 Å². The van der Waals surface area contributed by atoms with Gasteiger partial charge in [0.25, 0.3) is 7.29 Å². The lowest BCUT2D eigenvalue weighted by atomic mass is 10.3. The molecular weight excluding hydrogens is 353 g/mol. The van der Waals surface area contributed by atoms with Gasteiger partial charge in [-0.25, -0.2) is 0 Å². The minimum Gasteiger partial charge on any atom is -0.286 e. The molecule has 2 aromatic carbocycles. The Morgan fingerprint density at radius 1 is 0.556 bits per heavy atom. The van der Waals surface area contributed by atoms with Gasteiger partial charge in [-0.05, 0) is 48.5 Å². The highest BCUT2D eigenvalue weighted by molar-refractivity contribution is 7.80. The maximum Gasteiger partial charge on any atom is 0.269 e. The van der Waals surface area contributed by atoms with Crippen molar-refractivity contribution in [2.45, 2.75) is 0 Å². The summed E-state index contributed by atoms with van der Waals surface area (Å²) in [7, 11) is -3.37. The third kappa shape index (κ3) is 3.27. The van der Waals surface area contributed by atoms with Crippen LogP contribution in [0.25, 0.3) is 0 Å². The summed E-state index contributed by atoms with van der Waals surface area (Å²) in [5.41, 5.74) is 2.64. The zero-order valence-corrected chi connectivity index (χ0v) is 15.5. The van der Waals surface area contributed by atoms with Gasteiger partial charge in [-0.3, -0.25) is 19.2 Å². The molecule has 0 spiro atoms. The number of benzene rings is 2. The van der Waals surface area contributed by atoms with Crippen LogP contribution < -0.4 is 15.5 Å².